The molecule has 8 heteroatoms. The Labute approximate surface area is 193 Å². The van der Waals surface area contributed by atoms with E-state index in [0.717, 1.165) is 31.4 Å². The number of piperidine rings is 1. The van der Waals surface area contributed by atoms with E-state index in [1.807, 2.05) is 26.0 Å². The minimum absolute atomic E-state index is 0.0371. The van der Waals surface area contributed by atoms with E-state index in [1.54, 1.807) is 0 Å². The van der Waals surface area contributed by atoms with Gasteiger partial charge in [0.25, 0.3) is 0 Å². The molecule has 33 heavy (non-hydrogen) atoms. The molecule has 2 saturated heterocycles. The van der Waals surface area contributed by atoms with E-state index < -0.39 is 22.0 Å². The molecule has 8 nitrogen and oxygen atoms in total. The Morgan fingerprint density at radius 1 is 1.18 bits per heavy atom. The summed E-state index contributed by atoms with van der Waals surface area (Å²) in [7, 11) is 0. The minimum atomic E-state index is -0.973. The van der Waals surface area contributed by atoms with Crippen molar-refractivity contribution in [3.63, 3.8) is 0 Å². The molecular weight excluding hydrogens is 422 g/mol. The first-order valence-electron chi connectivity index (χ1n) is 12.1. The SMILES string of the molecule is CC1(C)CC(=O)c2c(ccc3c2NC(=O)[C@]32C[C@@]3(N(O)O)CN4CCC[C@@H]4C[C@@H]3C2(C)C)O1. The van der Waals surface area contributed by atoms with Crippen LogP contribution < -0.4 is 10.1 Å². The van der Waals surface area contributed by atoms with Crippen LogP contribution in [0.5, 0.6) is 5.75 Å². The first-order valence-corrected chi connectivity index (χ1v) is 12.1. The van der Waals surface area contributed by atoms with Gasteiger partial charge in [-0.05, 0) is 69.0 Å². The maximum atomic E-state index is 13.9. The van der Waals surface area contributed by atoms with Crippen molar-refractivity contribution in [2.75, 3.05) is 18.4 Å². The molecule has 1 aliphatic carbocycles. The van der Waals surface area contributed by atoms with E-state index >= 15 is 0 Å². The standard InChI is InChI=1S/C25H33N3O5/c1-22(2)11-16(29)19-17(33-22)8-7-15-20(19)26-21(30)25(15)12-24(28(31)32)13-27-9-5-6-14(27)10-18(24)23(25,3)4/h7-8,14,18,31-32H,5-6,9-13H2,1-4H3,(H,26,30)/t14-,18-,24-,25+/m1/s1. The molecule has 4 heterocycles. The third kappa shape index (κ3) is 2.50. The zero-order valence-corrected chi connectivity index (χ0v) is 19.8. The lowest BCUT2D eigenvalue weighted by molar-refractivity contribution is -0.379. The second-order valence-corrected chi connectivity index (χ2v) is 12.0. The highest BCUT2D eigenvalue weighted by Crippen LogP contribution is 2.68. The number of ketones is 1. The van der Waals surface area contributed by atoms with Crippen molar-refractivity contribution in [3.05, 3.63) is 23.3 Å². The molecular formula is C25H33N3O5. The van der Waals surface area contributed by atoms with Crippen molar-refractivity contribution < 1.29 is 24.7 Å². The number of hydrogen-bond donors (Lipinski definition) is 3. The summed E-state index contributed by atoms with van der Waals surface area (Å²) in [4.78, 5) is 29.4. The van der Waals surface area contributed by atoms with Gasteiger partial charge < -0.3 is 10.1 Å². The second kappa shape index (κ2) is 6.36. The summed E-state index contributed by atoms with van der Waals surface area (Å²) >= 11 is 0. The van der Waals surface area contributed by atoms with Crippen LogP contribution in [-0.2, 0) is 10.2 Å². The smallest absolute Gasteiger partial charge is 0.235 e. The van der Waals surface area contributed by atoms with Gasteiger partial charge in [-0.15, -0.1) is 0 Å². The van der Waals surface area contributed by atoms with Crippen LogP contribution in [0.1, 0.15) is 75.7 Å². The number of anilines is 1. The van der Waals surface area contributed by atoms with Gasteiger partial charge in [-0.3, -0.25) is 24.9 Å². The molecule has 3 fully saturated rings. The zero-order valence-electron chi connectivity index (χ0n) is 19.8. The van der Waals surface area contributed by atoms with Crippen LogP contribution in [0, 0.1) is 11.3 Å². The van der Waals surface area contributed by atoms with Crippen molar-refractivity contribution in [3.8, 4) is 5.75 Å². The monoisotopic (exact) mass is 455 g/mol. The Morgan fingerprint density at radius 3 is 2.67 bits per heavy atom. The van der Waals surface area contributed by atoms with Crippen LogP contribution in [0.3, 0.4) is 0 Å². The van der Waals surface area contributed by atoms with E-state index in [9.17, 15) is 20.0 Å². The van der Waals surface area contributed by atoms with Crippen LogP contribution in [0.15, 0.2) is 12.1 Å². The largest absolute Gasteiger partial charge is 0.487 e. The molecule has 1 saturated carbocycles. The molecule has 0 aromatic heterocycles. The fourth-order valence-electron chi connectivity index (χ4n) is 8.12. The zero-order chi connectivity index (χ0) is 23.6. The van der Waals surface area contributed by atoms with Gasteiger partial charge in [0, 0.05) is 12.6 Å². The van der Waals surface area contributed by atoms with Gasteiger partial charge in [-0.2, -0.15) is 0 Å². The summed E-state index contributed by atoms with van der Waals surface area (Å²) in [6.45, 7) is 9.41. The fourth-order valence-corrected chi connectivity index (χ4v) is 8.12. The molecule has 1 aromatic carbocycles. The van der Waals surface area contributed by atoms with Gasteiger partial charge in [-0.1, -0.05) is 25.1 Å². The first-order chi connectivity index (χ1) is 15.4. The van der Waals surface area contributed by atoms with Gasteiger partial charge in [0.2, 0.25) is 5.91 Å². The molecule has 5 aliphatic rings. The molecule has 4 atom stereocenters. The lowest BCUT2D eigenvalue weighted by Crippen LogP contribution is -2.62. The highest BCUT2D eigenvalue weighted by Gasteiger charge is 2.74. The summed E-state index contributed by atoms with van der Waals surface area (Å²) in [6, 6.07) is 4.13. The number of Topliss-reactive ketones (excluding diaryl/α,β-unsaturated/α-hetero) is 1. The summed E-state index contributed by atoms with van der Waals surface area (Å²) in [5.74, 6) is 0.203. The third-order valence-electron chi connectivity index (χ3n) is 9.58. The van der Waals surface area contributed by atoms with E-state index in [4.69, 9.17) is 4.74 Å². The molecule has 3 N–H and O–H groups in total. The van der Waals surface area contributed by atoms with Crippen molar-refractivity contribution in [2.45, 2.75) is 82.4 Å². The number of benzene rings is 1. The molecule has 0 radical (unpaired) electrons. The number of carbonyl (C=O) groups is 2. The van der Waals surface area contributed by atoms with Crippen molar-refractivity contribution in [1.82, 2.24) is 10.1 Å². The number of fused-ring (bicyclic) bond motifs is 6. The Bertz CT molecular complexity index is 1080. The number of carbonyl (C=O) groups excluding carboxylic acids is 2. The van der Waals surface area contributed by atoms with E-state index in [1.165, 1.54) is 0 Å². The quantitative estimate of drug-likeness (QED) is 0.558. The molecule has 4 aliphatic heterocycles. The summed E-state index contributed by atoms with van der Waals surface area (Å²) in [6.07, 6.45) is 3.56. The predicted octanol–water partition coefficient (Wildman–Crippen LogP) is 3.35. The van der Waals surface area contributed by atoms with Gasteiger partial charge in [0.15, 0.2) is 5.78 Å². The number of hydrogen-bond acceptors (Lipinski definition) is 7. The van der Waals surface area contributed by atoms with Crippen LogP contribution in [0.2, 0.25) is 0 Å². The first kappa shape index (κ1) is 21.5. The maximum Gasteiger partial charge on any atom is 0.235 e. The topological polar surface area (TPSA) is 102 Å². The van der Waals surface area contributed by atoms with Gasteiger partial charge in [0.05, 0.1) is 28.6 Å². The van der Waals surface area contributed by atoms with E-state index in [0.29, 0.717) is 34.8 Å². The predicted molar refractivity (Wildman–Crippen MR) is 120 cm³/mol. The second-order valence-electron chi connectivity index (χ2n) is 12.0. The molecule has 6 rings (SSSR count). The van der Waals surface area contributed by atoms with Crippen molar-refractivity contribution >= 4 is 17.4 Å². The van der Waals surface area contributed by atoms with Crippen molar-refractivity contribution in [2.24, 2.45) is 11.3 Å². The molecule has 0 unspecified atom stereocenters. The fraction of sp³-hybridized carbons (Fsp3) is 0.680. The number of nitrogens with zero attached hydrogens (tertiary/aromatic N) is 2. The highest BCUT2D eigenvalue weighted by molar-refractivity contribution is 6.15. The summed E-state index contributed by atoms with van der Waals surface area (Å²) < 4.78 is 6.09. The normalized spacial score (nSPS) is 38.0. The molecule has 1 aromatic rings. The minimum Gasteiger partial charge on any atom is -0.487 e. The highest BCUT2D eigenvalue weighted by atomic mass is 16.8. The lowest BCUT2D eigenvalue weighted by Gasteiger charge is -2.50. The Hall–Kier alpha value is -2.00. The average molecular weight is 456 g/mol. The average Bonchev–Trinajstić information content (AvgIpc) is 3.33. The molecule has 178 valence electrons. The molecule has 1 spiro atoms. The Kier molecular flexibility index (Phi) is 4.15. The van der Waals surface area contributed by atoms with Crippen LogP contribution >= 0.6 is 0 Å². The molecule has 1 amide bonds. The van der Waals surface area contributed by atoms with Gasteiger partial charge in [-0.25, -0.2) is 0 Å². The maximum absolute atomic E-state index is 13.9. The Balaban J connectivity index is 1.53. The number of ether oxygens (including phenoxy) is 1. The van der Waals surface area contributed by atoms with Crippen LogP contribution in [0.25, 0.3) is 0 Å². The number of nitrogens with one attached hydrogen (secondary N) is 1. The lowest BCUT2D eigenvalue weighted by atomic mass is 9.60. The number of hydroxylamine groups is 2. The number of amides is 1. The summed E-state index contributed by atoms with van der Waals surface area (Å²) in [5.41, 5.74) is -1.31. The van der Waals surface area contributed by atoms with Crippen LogP contribution in [0.4, 0.5) is 5.69 Å². The van der Waals surface area contributed by atoms with E-state index in [2.05, 4.69) is 24.1 Å². The Morgan fingerprint density at radius 2 is 1.94 bits per heavy atom. The van der Waals surface area contributed by atoms with Gasteiger partial charge in [0.1, 0.15) is 11.4 Å². The van der Waals surface area contributed by atoms with E-state index in [-0.39, 0.29) is 30.4 Å². The number of rotatable bonds is 1. The van der Waals surface area contributed by atoms with Gasteiger partial charge >= 0.3 is 0 Å². The van der Waals surface area contributed by atoms with Crippen LogP contribution in [-0.4, -0.2) is 62.5 Å². The summed E-state index contributed by atoms with van der Waals surface area (Å²) in [5, 5.41) is 24.7. The molecule has 0 bridgehead atoms. The van der Waals surface area contributed by atoms with Crippen molar-refractivity contribution in [1.29, 1.82) is 0 Å². The third-order valence-corrected chi connectivity index (χ3v) is 9.58.